The summed E-state index contributed by atoms with van der Waals surface area (Å²) in [6.45, 7) is 0.102. The maximum atomic E-state index is 14.3. The second-order valence-corrected chi connectivity index (χ2v) is 13.0. The highest BCUT2D eigenvalue weighted by Crippen LogP contribution is 2.48. The lowest BCUT2D eigenvalue weighted by Gasteiger charge is -2.49. The molecule has 1 aromatic carbocycles. The number of alkyl halides is 3. The van der Waals surface area contributed by atoms with Gasteiger partial charge in [-0.1, -0.05) is 0 Å². The van der Waals surface area contributed by atoms with Crippen molar-refractivity contribution in [2.45, 2.75) is 30.7 Å². The topological polar surface area (TPSA) is 101 Å². The van der Waals surface area contributed by atoms with Crippen LogP contribution in [0.1, 0.15) is 33.7 Å². The number of ketones is 1. The molecule has 0 spiro atoms. The molecule has 2 aromatic heterocycles. The molecule has 14 heteroatoms. The predicted octanol–water partition coefficient (Wildman–Crippen LogP) is 3.34. The highest BCUT2D eigenvalue weighted by molar-refractivity contribution is 7.90. The third-order valence-corrected chi connectivity index (χ3v) is 10.4. The van der Waals surface area contributed by atoms with Crippen LogP contribution in [0.3, 0.4) is 0 Å². The van der Waals surface area contributed by atoms with Crippen molar-refractivity contribution in [3.63, 3.8) is 0 Å². The van der Waals surface area contributed by atoms with Gasteiger partial charge in [0.2, 0.25) is 10.0 Å². The number of hydrazone groups is 1. The van der Waals surface area contributed by atoms with Crippen LogP contribution in [-0.4, -0.2) is 76.4 Å². The molecule has 3 aromatic rings. The van der Waals surface area contributed by atoms with Gasteiger partial charge in [0.05, 0.1) is 29.4 Å². The quantitative estimate of drug-likeness (QED) is 0.334. The number of benzene rings is 1. The summed E-state index contributed by atoms with van der Waals surface area (Å²) >= 11 is 0. The standard InChI is InChI=1S/C27H26F4N6O3S/c1-35-15-22(14-33-35)41(39,40)36-9-7-18-11-24-17(13-34-37(24)21-4-2-20(28)3-5-21)12-26(18,16-36)25(38)23-10-19(6-8-32-23)27(29,30)31/h2-6,8,10,13-14,18,22H,7,9,11-12,15-16H2,1H3/t18?,22?,26-/m0/s1. The number of rotatable bonds is 5. The summed E-state index contributed by atoms with van der Waals surface area (Å²) in [6, 6.07) is 7.32. The van der Waals surface area contributed by atoms with Crippen LogP contribution in [0.25, 0.3) is 5.69 Å². The Morgan fingerprint density at radius 1 is 1.15 bits per heavy atom. The summed E-state index contributed by atoms with van der Waals surface area (Å²) in [5.74, 6) is -1.44. The smallest absolute Gasteiger partial charge is 0.299 e. The van der Waals surface area contributed by atoms with Gasteiger partial charge in [0.1, 0.15) is 16.8 Å². The Hall–Kier alpha value is -3.65. The van der Waals surface area contributed by atoms with Crippen molar-refractivity contribution in [2.24, 2.45) is 16.4 Å². The lowest BCUT2D eigenvalue weighted by molar-refractivity contribution is -0.137. The van der Waals surface area contributed by atoms with Crippen LogP contribution in [0, 0.1) is 17.2 Å². The molecule has 3 atom stereocenters. The van der Waals surface area contributed by atoms with Gasteiger partial charge >= 0.3 is 6.18 Å². The maximum absolute atomic E-state index is 14.3. The molecule has 1 aliphatic carbocycles. The number of piperidine rings is 1. The van der Waals surface area contributed by atoms with E-state index in [4.69, 9.17) is 0 Å². The average Bonchev–Trinajstić information content (AvgIpc) is 3.57. The molecule has 216 valence electrons. The number of carbonyl (C=O) groups excluding carboxylic acids is 1. The third kappa shape index (κ3) is 4.72. The van der Waals surface area contributed by atoms with E-state index in [2.05, 4.69) is 15.2 Å². The molecule has 41 heavy (non-hydrogen) atoms. The molecule has 0 saturated carbocycles. The van der Waals surface area contributed by atoms with Crippen LogP contribution in [-0.2, 0) is 29.0 Å². The van der Waals surface area contributed by atoms with Crippen LogP contribution in [0.5, 0.6) is 0 Å². The van der Waals surface area contributed by atoms with Crippen molar-refractivity contribution in [2.75, 3.05) is 26.7 Å². The Balaban J connectivity index is 1.42. The molecule has 3 aliphatic rings. The summed E-state index contributed by atoms with van der Waals surface area (Å²) in [6.07, 6.45) is -0.0940. The number of hydrogen-bond donors (Lipinski definition) is 0. The van der Waals surface area contributed by atoms with Crippen molar-refractivity contribution in [1.82, 2.24) is 24.1 Å². The summed E-state index contributed by atoms with van der Waals surface area (Å²) in [7, 11) is -2.26. The Morgan fingerprint density at radius 3 is 2.59 bits per heavy atom. The zero-order valence-electron chi connectivity index (χ0n) is 21.9. The highest BCUT2D eigenvalue weighted by atomic mass is 32.2. The van der Waals surface area contributed by atoms with Crippen molar-refractivity contribution >= 4 is 22.0 Å². The Bertz CT molecular complexity index is 1640. The summed E-state index contributed by atoms with van der Waals surface area (Å²) < 4.78 is 84.4. The fourth-order valence-corrected chi connectivity index (χ4v) is 7.96. The highest BCUT2D eigenvalue weighted by Gasteiger charge is 2.55. The number of aromatic nitrogens is 3. The summed E-state index contributed by atoms with van der Waals surface area (Å²) in [5.41, 5.74) is -0.644. The fraction of sp³-hybridized carbons (Fsp3) is 0.407. The maximum Gasteiger partial charge on any atom is 0.416 e. The summed E-state index contributed by atoms with van der Waals surface area (Å²) in [5, 5.41) is 9.13. The van der Waals surface area contributed by atoms with Crippen molar-refractivity contribution in [3.8, 4) is 5.69 Å². The van der Waals surface area contributed by atoms with E-state index in [1.54, 1.807) is 30.1 Å². The van der Waals surface area contributed by atoms with Crippen LogP contribution < -0.4 is 0 Å². The first kappa shape index (κ1) is 27.5. The van der Waals surface area contributed by atoms with Crippen molar-refractivity contribution in [1.29, 1.82) is 0 Å². The molecule has 0 bridgehead atoms. The van der Waals surface area contributed by atoms with Gasteiger partial charge in [-0.3, -0.25) is 14.8 Å². The van der Waals surface area contributed by atoms with Crippen molar-refractivity contribution in [3.05, 3.63) is 77.1 Å². The minimum absolute atomic E-state index is 0.0651. The van der Waals surface area contributed by atoms with Gasteiger partial charge in [-0.05, 0) is 67.1 Å². The number of fused-ring (bicyclic) bond motifs is 2. The van der Waals surface area contributed by atoms with Gasteiger partial charge in [-0.15, -0.1) is 0 Å². The van der Waals surface area contributed by atoms with Gasteiger partial charge < -0.3 is 0 Å². The molecule has 2 aliphatic heterocycles. The van der Waals surface area contributed by atoms with E-state index in [0.29, 0.717) is 24.1 Å². The lowest BCUT2D eigenvalue weighted by Crippen LogP contribution is -2.59. The lowest BCUT2D eigenvalue weighted by atomic mass is 9.60. The molecule has 0 N–H and O–H groups in total. The largest absolute Gasteiger partial charge is 0.416 e. The minimum atomic E-state index is -4.68. The van der Waals surface area contributed by atoms with E-state index < -0.39 is 49.9 Å². The van der Waals surface area contributed by atoms with E-state index in [1.165, 1.54) is 27.7 Å². The predicted molar refractivity (Wildman–Crippen MR) is 140 cm³/mol. The van der Waals surface area contributed by atoms with Gasteiger partial charge in [-0.25, -0.2) is 21.8 Å². The van der Waals surface area contributed by atoms with E-state index in [9.17, 15) is 30.8 Å². The second-order valence-electron chi connectivity index (χ2n) is 10.8. The normalized spacial score (nSPS) is 24.8. The molecule has 0 radical (unpaired) electrons. The number of Topliss-reactive ketones (excluding diaryl/α,β-unsaturated/α-hetero) is 1. The third-order valence-electron chi connectivity index (χ3n) is 8.33. The molecule has 6 rings (SSSR count). The average molecular weight is 591 g/mol. The first-order valence-corrected chi connectivity index (χ1v) is 14.5. The minimum Gasteiger partial charge on any atom is -0.299 e. The van der Waals surface area contributed by atoms with Crippen LogP contribution in [0.15, 0.2) is 53.9 Å². The molecule has 9 nitrogen and oxygen atoms in total. The fourth-order valence-electron chi connectivity index (χ4n) is 6.19. The molecule has 4 heterocycles. The zero-order valence-corrected chi connectivity index (χ0v) is 22.7. The van der Waals surface area contributed by atoms with E-state index >= 15 is 0 Å². The molecule has 1 saturated heterocycles. The van der Waals surface area contributed by atoms with Crippen LogP contribution >= 0.6 is 0 Å². The van der Waals surface area contributed by atoms with Gasteiger partial charge in [0, 0.05) is 38.2 Å². The number of hydrogen-bond acceptors (Lipinski definition) is 7. The van der Waals surface area contributed by atoms with Gasteiger partial charge in [0.25, 0.3) is 0 Å². The monoisotopic (exact) mass is 590 g/mol. The van der Waals surface area contributed by atoms with E-state index in [1.807, 2.05) is 0 Å². The molecule has 0 amide bonds. The number of sulfonamides is 1. The number of nitrogens with zero attached hydrogens (tertiary/aromatic N) is 6. The van der Waals surface area contributed by atoms with Crippen molar-refractivity contribution < 1.29 is 30.8 Å². The van der Waals surface area contributed by atoms with E-state index in [0.717, 1.165) is 24.0 Å². The second kappa shape index (κ2) is 9.72. The van der Waals surface area contributed by atoms with E-state index in [-0.39, 0.29) is 31.7 Å². The Morgan fingerprint density at radius 2 is 1.90 bits per heavy atom. The van der Waals surface area contributed by atoms with Crippen LogP contribution in [0.4, 0.5) is 17.6 Å². The molecule has 2 unspecified atom stereocenters. The molecular formula is C27H26F4N6O3S. The number of pyridine rings is 1. The molecular weight excluding hydrogens is 564 g/mol. The van der Waals surface area contributed by atoms with Gasteiger partial charge in [-0.2, -0.15) is 23.4 Å². The number of carbonyl (C=O) groups is 1. The van der Waals surface area contributed by atoms with Gasteiger partial charge in [0.15, 0.2) is 5.78 Å². The number of halogens is 4. The first-order valence-electron chi connectivity index (χ1n) is 13.0. The first-order chi connectivity index (χ1) is 19.4. The SMILES string of the molecule is CN1CC(S(=O)(=O)N2CCC3Cc4c(cnn4-c4ccc(F)cc4)C[C@]3(C(=O)c3cc(C(F)(F)F)ccn3)C2)C=N1. The summed E-state index contributed by atoms with van der Waals surface area (Å²) in [4.78, 5) is 18.3. The Labute approximate surface area is 233 Å². The zero-order chi connectivity index (χ0) is 29.2. The Kier molecular flexibility index (Phi) is 6.53. The van der Waals surface area contributed by atoms with Crippen LogP contribution in [0.2, 0.25) is 0 Å². The molecule has 1 fully saturated rings.